The van der Waals surface area contributed by atoms with Crippen molar-refractivity contribution in [3.63, 3.8) is 0 Å². The smallest absolute Gasteiger partial charge is 0.0601 e. The molecule has 0 spiro atoms. The maximum atomic E-state index is 8.58. The molecule has 0 aliphatic heterocycles. The zero-order valence-corrected chi connectivity index (χ0v) is 6.51. The highest BCUT2D eigenvalue weighted by atomic mass is 16.4. The third-order valence-corrected chi connectivity index (χ3v) is 2.33. The van der Waals surface area contributed by atoms with E-state index in [9.17, 15) is 0 Å². The molecule has 10 heavy (non-hydrogen) atoms. The van der Waals surface area contributed by atoms with Crippen LogP contribution in [0.4, 0.5) is 0 Å². The summed E-state index contributed by atoms with van der Waals surface area (Å²) in [4.78, 5) is 0. The Morgan fingerprint density at radius 2 is 2.40 bits per heavy atom. The van der Waals surface area contributed by atoms with Gasteiger partial charge in [0, 0.05) is 5.92 Å². The summed E-state index contributed by atoms with van der Waals surface area (Å²) in [7, 11) is 0. The van der Waals surface area contributed by atoms with Gasteiger partial charge in [0.05, 0.1) is 5.71 Å². The molecule has 1 unspecified atom stereocenters. The van der Waals surface area contributed by atoms with Crippen molar-refractivity contribution in [2.45, 2.75) is 39.0 Å². The first-order valence-corrected chi connectivity index (χ1v) is 4.09. The molecule has 0 amide bonds. The van der Waals surface area contributed by atoms with E-state index in [-0.39, 0.29) is 0 Å². The van der Waals surface area contributed by atoms with E-state index in [1.165, 1.54) is 19.3 Å². The van der Waals surface area contributed by atoms with Crippen molar-refractivity contribution in [2.24, 2.45) is 11.1 Å². The average Bonchev–Trinajstić information content (AvgIpc) is 2.04. The Labute approximate surface area is 61.9 Å². The van der Waals surface area contributed by atoms with Crippen molar-refractivity contribution in [2.75, 3.05) is 0 Å². The van der Waals surface area contributed by atoms with E-state index in [1.54, 1.807) is 0 Å². The van der Waals surface area contributed by atoms with Gasteiger partial charge in [0.2, 0.25) is 0 Å². The van der Waals surface area contributed by atoms with Gasteiger partial charge in [0.15, 0.2) is 0 Å². The quantitative estimate of drug-likeness (QED) is 0.441. The Kier molecular flexibility index (Phi) is 2.72. The molecule has 1 N–H and O–H groups in total. The van der Waals surface area contributed by atoms with Gasteiger partial charge in [-0.25, -0.2) is 0 Å². The monoisotopic (exact) mass is 141 g/mol. The highest BCUT2D eigenvalue weighted by molar-refractivity contribution is 5.86. The molecule has 2 nitrogen and oxygen atoms in total. The normalized spacial score (nSPS) is 30.9. The van der Waals surface area contributed by atoms with Crippen LogP contribution in [0.25, 0.3) is 0 Å². The van der Waals surface area contributed by atoms with Crippen molar-refractivity contribution in [3.8, 4) is 0 Å². The summed E-state index contributed by atoms with van der Waals surface area (Å²) < 4.78 is 0. The van der Waals surface area contributed by atoms with Crippen molar-refractivity contribution in [1.29, 1.82) is 0 Å². The van der Waals surface area contributed by atoms with E-state index in [1.807, 2.05) is 0 Å². The molecular weight excluding hydrogens is 126 g/mol. The molecule has 1 aliphatic carbocycles. The first-order valence-electron chi connectivity index (χ1n) is 4.09. The standard InChI is InChI=1S/C8H15NO/c1-2-7-5-3-4-6-8(7)9-10/h7,10H,2-6H2,1H3/b9-8-. The molecule has 0 bridgehead atoms. The fourth-order valence-electron chi connectivity index (χ4n) is 1.64. The van der Waals surface area contributed by atoms with Gasteiger partial charge >= 0.3 is 0 Å². The molecule has 0 heterocycles. The molecule has 1 rings (SSSR count). The molecule has 0 aromatic carbocycles. The summed E-state index contributed by atoms with van der Waals surface area (Å²) in [6.45, 7) is 2.15. The predicted octanol–water partition coefficient (Wildman–Crippen LogP) is 2.42. The van der Waals surface area contributed by atoms with E-state index >= 15 is 0 Å². The van der Waals surface area contributed by atoms with Gasteiger partial charge in [-0.05, 0) is 25.7 Å². The molecule has 1 aliphatic rings. The van der Waals surface area contributed by atoms with Crippen LogP contribution in [0.15, 0.2) is 5.16 Å². The van der Waals surface area contributed by atoms with Crippen molar-refractivity contribution >= 4 is 5.71 Å². The molecular formula is C8H15NO. The van der Waals surface area contributed by atoms with Crippen LogP contribution in [0.5, 0.6) is 0 Å². The van der Waals surface area contributed by atoms with Gasteiger partial charge in [0.1, 0.15) is 0 Å². The maximum absolute atomic E-state index is 8.58. The van der Waals surface area contributed by atoms with Crippen LogP contribution in [0.1, 0.15) is 39.0 Å². The lowest BCUT2D eigenvalue weighted by atomic mass is 9.86. The molecule has 1 fully saturated rings. The zero-order chi connectivity index (χ0) is 7.40. The van der Waals surface area contributed by atoms with Crippen LogP contribution in [0.2, 0.25) is 0 Å². The molecule has 1 atom stereocenters. The van der Waals surface area contributed by atoms with Crippen molar-refractivity contribution < 1.29 is 5.21 Å². The Morgan fingerprint density at radius 3 is 2.90 bits per heavy atom. The van der Waals surface area contributed by atoms with Crippen molar-refractivity contribution in [1.82, 2.24) is 0 Å². The van der Waals surface area contributed by atoms with Gasteiger partial charge < -0.3 is 5.21 Å². The maximum Gasteiger partial charge on any atom is 0.0601 e. The first-order chi connectivity index (χ1) is 4.88. The lowest BCUT2D eigenvalue weighted by Gasteiger charge is -2.20. The van der Waals surface area contributed by atoms with Gasteiger partial charge in [-0.3, -0.25) is 0 Å². The lowest BCUT2D eigenvalue weighted by Crippen LogP contribution is -2.18. The second-order valence-corrected chi connectivity index (χ2v) is 2.94. The van der Waals surface area contributed by atoms with Gasteiger partial charge in [-0.2, -0.15) is 0 Å². The number of rotatable bonds is 1. The Morgan fingerprint density at radius 1 is 1.60 bits per heavy atom. The Balaban J connectivity index is 2.50. The predicted molar refractivity (Wildman–Crippen MR) is 41.5 cm³/mol. The molecule has 0 saturated heterocycles. The van der Waals surface area contributed by atoms with E-state index in [2.05, 4.69) is 12.1 Å². The van der Waals surface area contributed by atoms with Crippen LogP contribution in [-0.4, -0.2) is 10.9 Å². The highest BCUT2D eigenvalue weighted by Crippen LogP contribution is 2.23. The largest absolute Gasteiger partial charge is 0.411 e. The van der Waals surface area contributed by atoms with Gasteiger partial charge in [0.25, 0.3) is 0 Å². The summed E-state index contributed by atoms with van der Waals surface area (Å²) in [6, 6.07) is 0. The minimum absolute atomic E-state index is 0.568. The Hall–Kier alpha value is -0.530. The first kappa shape index (κ1) is 7.58. The summed E-state index contributed by atoms with van der Waals surface area (Å²) in [5, 5.41) is 11.9. The van der Waals surface area contributed by atoms with Crippen LogP contribution in [0.3, 0.4) is 0 Å². The van der Waals surface area contributed by atoms with Crippen molar-refractivity contribution in [3.05, 3.63) is 0 Å². The van der Waals surface area contributed by atoms with E-state index in [0.29, 0.717) is 5.92 Å². The van der Waals surface area contributed by atoms with E-state index in [0.717, 1.165) is 18.6 Å². The second-order valence-electron chi connectivity index (χ2n) is 2.94. The van der Waals surface area contributed by atoms with Crippen LogP contribution < -0.4 is 0 Å². The average molecular weight is 141 g/mol. The minimum atomic E-state index is 0.568. The third-order valence-electron chi connectivity index (χ3n) is 2.33. The molecule has 0 radical (unpaired) electrons. The van der Waals surface area contributed by atoms with Crippen LogP contribution >= 0.6 is 0 Å². The van der Waals surface area contributed by atoms with Gasteiger partial charge in [-0.15, -0.1) is 0 Å². The SMILES string of the molecule is CCC1CCCC/C1=N/O. The Bertz CT molecular complexity index is 131. The summed E-state index contributed by atoms with van der Waals surface area (Å²) >= 11 is 0. The van der Waals surface area contributed by atoms with Gasteiger partial charge in [-0.1, -0.05) is 18.5 Å². The molecule has 58 valence electrons. The molecule has 1 saturated carbocycles. The summed E-state index contributed by atoms with van der Waals surface area (Å²) in [6.07, 6.45) is 5.86. The third kappa shape index (κ3) is 1.49. The minimum Gasteiger partial charge on any atom is -0.411 e. The summed E-state index contributed by atoms with van der Waals surface area (Å²) in [5.74, 6) is 0.568. The molecule has 0 aromatic heterocycles. The molecule has 2 heteroatoms. The number of nitrogens with zero attached hydrogens (tertiary/aromatic N) is 1. The second kappa shape index (κ2) is 3.59. The highest BCUT2D eigenvalue weighted by Gasteiger charge is 2.18. The molecule has 0 aromatic rings. The topological polar surface area (TPSA) is 32.6 Å². The van der Waals surface area contributed by atoms with Crippen LogP contribution in [-0.2, 0) is 0 Å². The van der Waals surface area contributed by atoms with Crippen LogP contribution in [0, 0.1) is 5.92 Å². The number of hydrogen-bond donors (Lipinski definition) is 1. The number of hydrogen-bond acceptors (Lipinski definition) is 2. The fourth-order valence-corrected chi connectivity index (χ4v) is 1.64. The number of oxime groups is 1. The summed E-state index contributed by atoms with van der Waals surface area (Å²) in [5.41, 5.74) is 1.02. The van der Waals surface area contributed by atoms with E-state index < -0.39 is 0 Å². The zero-order valence-electron chi connectivity index (χ0n) is 6.51. The lowest BCUT2D eigenvalue weighted by molar-refractivity contribution is 0.308. The van der Waals surface area contributed by atoms with E-state index in [4.69, 9.17) is 5.21 Å². The fraction of sp³-hybridized carbons (Fsp3) is 0.875.